The normalized spacial score (nSPS) is 17.4. The summed E-state index contributed by atoms with van der Waals surface area (Å²) in [7, 11) is 3.77. The van der Waals surface area contributed by atoms with Gasteiger partial charge >= 0.3 is 0 Å². The maximum atomic E-state index is 12.5. The van der Waals surface area contributed by atoms with E-state index in [1.807, 2.05) is 19.2 Å². The van der Waals surface area contributed by atoms with Gasteiger partial charge in [0.2, 0.25) is 5.91 Å². The van der Waals surface area contributed by atoms with Crippen molar-refractivity contribution in [3.05, 3.63) is 29.8 Å². The molecule has 0 aromatic heterocycles. The van der Waals surface area contributed by atoms with E-state index < -0.39 is 0 Å². The number of amides is 1. The number of aromatic hydroxyl groups is 1. The van der Waals surface area contributed by atoms with E-state index in [1.54, 1.807) is 24.1 Å². The number of phenolic OH excluding ortho intramolecular Hbond substituents is 1. The highest BCUT2D eigenvalue weighted by atomic mass is 16.3. The van der Waals surface area contributed by atoms with E-state index in [-0.39, 0.29) is 17.2 Å². The van der Waals surface area contributed by atoms with Crippen LogP contribution < -0.4 is 5.32 Å². The highest BCUT2D eigenvalue weighted by Crippen LogP contribution is 2.31. The first-order chi connectivity index (χ1) is 10.1. The van der Waals surface area contributed by atoms with Crippen molar-refractivity contribution in [1.29, 1.82) is 0 Å². The van der Waals surface area contributed by atoms with Crippen LogP contribution in [-0.4, -0.2) is 35.5 Å². The zero-order valence-corrected chi connectivity index (χ0v) is 13.1. The van der Waals surface area contributed by atoms with E-state index in [0.29, 0.717) is 13.0 Å². The summed E-state index contributed by atoms with van der Waals surface area (Å²) < 4.78 is 0. The summed E-state index contributed by atoms with van der Waals surface area (Å²) in [4.78, 5) is 14.2. The molecule has 1 aliphatic rings. The second kappa shape index (κ2) is 6.94. The van der Waals surface area contributed by atoms with Gasteiger partial charge in [0.05, 0.1) is 0 Å². The van der Waals surface area contributed by atoms with Crippen LogP contribution in [0, 0.1) is 0 Å². The van der Waals surface area contributed by atoms with Crippen molar-refractivity contribution in [3.8, 4) is 5.75 Å². The first kappa shape index (κ1) is 15.8. The standard InChI is InChI=1S/C17H26N2O2/c1-18-17(10-6-3-7-11-17)12-16(21)19(2)13-14-8-4-5-9-15(14)20/h4-5,8-9,18,20H,3,6-7,10-13H2,1-2H3. The van der Waals surface area contributed by atoms with Crippen LogP contribution in [0.4, 0.5) is 0 Å². The minimum absolute atomic E-state index is 0.0394. The lowest BCUT2D eigenvalue weighted by Crippen LogP contribution is -2.48. The first-order valence-corrected chi connectivity index (χ1v) is 7.76. The third kappa shape index (κ3) is 3.97. The molecule has 1 saturated carbocycles. The molecule has 0 saturated heterocycles. The molecular weight excluding hydrogens is 264 g/mol. The molecule has 0 unspecified atom stereocenters. The van der Waals surface area contributed by atoms with Crippen molar-refractivity contribution < 1.29 is 9.90 Å². The summed E-state index contributed by atoms with van der Waals surface area (Å²) in [6.07, 6.45) is 6.33. The van der Waals surface area contributed by atoms with E-state index in [4.69, 9.17) is 0 Å². The molecule has 116 valence electrons. The van der Waals surface area contributed by atoms with Crippen LogP contribution in [-0.2, 0) is 11.3 Å². The average Bonchev–Trinajstić information content (AvgIpc) is 2.50. The summed E-state index contributed by atoms with van der Waals surface area (Å²) in [6, 6.07) is 7.18. The topological polar surface area (TPSA) is 52.6 Å². The third-order valence-corrected chi connectivity index (χ3v) is 4.66. The Hall–Kier alpha value is -1.55. The Morgan fingerprint density at radius 2 is 1.95 bits per heavy atom. The molecule has 1 fully saturated rings. The molecule has 2 N–H and O–H groups in total. The number of para-hydroxylation sites is 1. The molecular formula is C17H26N2O2. The quantitative estimate of drug-likeness (QED) is 0.876. The van der Waals surface area contributed by atoms with Crippen LogP contribution in [0.3, 0.4) is 0 Å². The molecule has 2 rings (SSSR count). The van der Waals surface area contributed by atoms with Gasteiger partial charge in [0, 0.05) is 31.1 Å². The fraction of sp³-hybridized carbons (Fsp3) is 0.588. The number of phenols is 1. The minimum Gasteiger partial charge on any atom is -0.508 e. The molecule has 21 heavy (non-hydrogen) atoms. The third-order valence-electron chi connectivity index (χ3n) is 4.66. The minimum atomic E-state index is -0.0394. The average molecular weight is 290 g/mol. The van der Waals surface area contributed by atoms with Crippen molar-refractivity contribution in [1.82, 2.24) is 10.2 Å². The molecule has 1 aromatic rings. The van der Waals surface area contributed by atoms with Crippen molar-refractivity contribution in [2.24, 2.45) is 0 Å². The summed E-state index contributed by atoms with van der Waals surface area (Å²) in [5, 5.41) is 13.2. The Balaban J connectivity index is 1.97. The Morgan fingerprint density at radius 3 is 2.57 bits per heavy atom. The van der Waals surface area contributed by atoms with Gasteiger partial charge in [0.15, 0.2) is 0 Å². The lowest BCUT2D eigenvalue weighted by Gasteiger charge is -2.37. The number of hydrogen-bond donors (Lipinski definition) is 2. The van der Waals surface area contributed by atoms with Crippen molar-refractivity contribution in [2.45, 2.75) is 50.6 Å². The highest BCUT2D eigenvalue weighted by molar-refractivity contribution is 5.77. The molecule has 1 amide bonds. The highest BCUT2D eigenvalue weighted by Gasteiger charge is 2.33. The number of nitrogens with zero attached hydrogens (tertiary/aromatic N) is 1. The molecule has 0 spiro atoms. The Kier molecular flexibility index (Phi) is 5.23. The molecule has 0 heterocycles. The number of carbonyl (C=O) groups is 1. The van der Waals surface area contributed by atoms with Crippen LogP contribution in [0.5, 0.6) is 5.75 Å². The number of hydrogen-bond acceptors (Lipinski definition) is 3. The smallest absolute Gasteiger partial charge is 0.224 e. The molecule has 0 radical (unpaired) electrons. The first-order valence-electron chi connectivity index (χ1n) is 7.76. The zero-order valence-electron chi connectivity index (χ0n) is 13.1. The van der Waals surface area contributed by atoms with Gasteiger partial charge in [0.1, 0.15) is 5.75 Å². The Bertz CT molecular complexity index is 481. The van der Waals surface area contributed by atoms with Gasteiger partial charge in [-0.05, 0) is 26.0 Å². The Morgan fingerprint density at radius 1 is 1.29 bits per heavy atom. The summed E-state index contributed by atoms with van der Waals surface area (Å²) in [5.74, 6) is 0.382. The number of nitrogens with one attached hydrogen (secondary N) is 1. The fourth-order valence-electron chi connectivity index (χ4n) is 3.16. The number of rotatable bonds is 5. The van der Waals surface area contributed by atoms with Crippen LogP contribution in [0.2, 0.25) is 0 Å². The second-order valence-electron chi connectivity index (χ2n) is 6.15. The summed E-state index contributed by atoms with van der Waals surface area (Å²) in [6.45, 7) is 0.450. The van der Waals surface area contributed by atoms with E-state index in [2.05, 4.69) is 5.32 Å². The predicted octanol–water partition coefficient (Wildman–Crippen LogP) is 2.66. The molecule has 1 aliphatic carbocycles. The fourth-order valence-corrected chi connectivity index (χ4v) is 3.16. The van der Waals surface area contributed by atoms with E-state index >= 15 is 0 Å². The van der Waals surface area contributed by atoms with Crippen molar-refractivity contribution in [2.75, 3.05) is 14.1 Å². The van der Waals surface area contributed by atoms with Gasteiger partial charge in [-0.3, -0.25) is 4.79 Å². The van der Waals surface area contributed by atoms with Gasteiger partial charge in [-0.25, -0.2) is 0 Å². The van der Waals surface area contributed by atoms with Gasteiger partial charge in [0.25, 0.3) is 0 Å². The molecule has 4 nitrogen and oxygen atoms in total. The van der Waals surface area contributed by atoms with Crippen LogP contribution in [0.1, 0.15) is 44.1 Å². The molecule has 0 bridgehead atoms. The molecule has 0 aliphatic heterocycles. The van der Waals surface area contributed by atoms with Crippen LogP contribution >= 0.6 is 0 Å². The van der Waals surface area contributed by atoms with Gasteiger partial charge in [-0.2, -0.15) is 0 Å². The maximum absolute atomic E-state index is 12.5. The predicted molar refractivity (Wildman–Crippen MR) is 84.1 cm³/mol. The van der Waals surface area contributed by atoms with E-state index in [1.165, 1.54) is 19.3 Å². The Labute approximate surface area is 127 Å². The van der Waals surface area contributed by atoms with E-state index in [9.17, 15) is 9.90 Å². The molecule has 4 heteroatoms. The zero-order chi connectivity index (χ0) is 15.3. The van der Waals surface area contributed by atoms with Gasteiger partial charge in [-0.1, -0.05) is 37.5 Å². The van der Waals surface area contributed by atoms with Crippen molar-refractivity contribution >= 4 is 5.91 Å². The summed E-state index contributed by atoms with van der Waals surface area (Å²) >= 11 is 0. The second-order valence-corrected chi connectivity index (χ2v) is 6.15. The largest absolute Gasteiger partial charge is 0.508 e. The van der Waals surface area contributed by atoms with Crippen molar-refractivity contribution in [3.63, 3.8) is 0 Å². The SMILES string of the molecule is CNC1(CC(=O)N(C)Cc2ccccc2O)CCCCC1. The number of carbonyl (C=O) groups excluding carboxylic acids is 1. The lowest BCUT2D eigenvalue weighted by molar-refractivity contribution is -0.132. The monoisotopic (exact) mass is 290 g/mol. The molecule has 0 atom stereocenters. The van der Waals surface area contributed by atoms with Crippen LogP contribution in [0.15, 0.2) is 24.3 Å². The summed E-state index contributed by atoms with van der Waals surface area (Å²) in [5.41, 5.74) is 0.748. The van der Waals surface area contributed by atoms with Gasteiger partial charge in [-0.15, -0.1) is 0 Å². The van der Waals surface area contributed by atoms with Crippen LogP contribution in [0.25, 0.3) is 0 Å². The maximum Gasteiger partial charge on any atom is 0.224 e. The van der Waals surface area contributed by atoms with E-state index in [0.717, 1.165) is 18.4 Å². The lowest BCUT2D eigenvalue weighted by atomic mass is 9.79. The van der Waals surface area contributed by atoms with Gasteiger partial charge < -0.3 is 15.3 Å². The molecule has 1 aromatic carbocycles. The number of benzene rings is 1.